The van der Waals surface area contributed by atoms with E-state index in [1.54, 1.807) is 13.1 Å². The molecule has 0 bridgehead atoms. The van der Waals surface area contributed by atoms with Gasteiger partial charge in [-0.15, -0.1) is 0 Å². The number of nitrogens with two attached hydrogens (primary N) is 1. The smallest absolute Gasteiger partial charge is 0.265 e. The lowest BCUT2D eigenvalue weighted by Crippen LogP contribution is -2.47. The van der Waals surface area contributed by atoms with Crippen LogP contribution >= 0.6 is 0 Å². The molecule has 2 heterocycles. The van der Waals surface area contributed by atoms with Gasteiger partial charge in [0.15, 0.2) is 0 Å². The van der Waals surface area contributed by atoms with E-state index in [2.05, 4.69) is 29.1 Å². The fourth-order valence-corrected chi connectivity index (χ4v) is 3.23. The number of ether oxygens (including phenoxy) is 1. The van der Waals surface area contributed by atoms with Gasteiger partial charge in [-0.05, 0) is 26.7 Å². The zero-order chi connectivity index (χ0) is 17.7. The monoisotopic (exact) mass is 336 g/mol. The summed E-state index contributed by atoms with van der Waals surface area (Å²) < 4.78 is 5.84. The Hall–Kier alpha value is -1.73. The number of aliphatic imine (C=N–C) groups is 1. The summed E-state index contributed by atoms with van der Waals surface area (Å²) in [6.07, 6.45) is 4.82. The van der Waals surface area contributed by atoms with Gasteiger partial charge in [0.25, 0.3) is 5.91 Å². The molecule has 0 radical (unpaired) electrons. The molecule has 2 atom stereocenters. The molecule has 7 nitrogen and oxygen atoms in total. The van der Waals surface area contributed by atoms with Crippen LogP contribution in [0.4, 0.5) is 0 Å². The Labute approximate surface area is 143 Å². The number of nitrogens with one attached hydrogen (secondary N) is 1. The Bertz CT molecular complexity index is 544. The van der Waals surface area contributed by atoms with Gasteiger partial charge >= 0.3 is 0 Å². The number of nitrogens with zero attached hydrogens (tertiary/aromatic N) is 2. The lowest BCUT2D eigenvalue weighted by Gasteiger charge is -2.37. The highest BCUT2D eigenvalue weighted by Crippen LogP contribution is 2.34. The molecule has 2 rings (SSSR count). The first kappa shape index (κ1) is 18.6. The van der Waals surface area contributed by atoms with Crippen molar-refractivity contribution in [2.75, 3.05) is 26.7 Å². The Morgan fingerprint density at radius 3 is 2.92 bits per heavy atom. The molecule has 0 aliphatic carbocycles. The zero-order valence-electron chi connectivity index (χ0n) is 14.7. The molecule has 2 unspecified atom stereocenters. The van der Waals surface area contributed by atoms with Crippen LogP contribution in [0.1, 0.15) is 33.1 Å². The fraction of sp³-hybridized carbons (Fsp3) is 0.706. The molecule has 2 aliphatic rings. The van der Waals surface area contributed by atoms with Gasteiger partial charge in [0, 0.05) is 38.8 Å². The molecule has 7 heteroatoms. The normalized spacial score (nSPS) is 27.8. The number of carbonyl (C=O) groups is 2. The van der Waals surface area contributed by atoms with Crippen LogP contribution in [-0.4, -0.2) is 61.3 Å². The second kappa shape index (κ2) is 7.90. The first-order valence-corrected chi connectivity index (χ1v) is 8.50. The summed E-state index contributed by atoms with van der Waals surface area (Å²) in [5.41, 5.74) is 5.14. The van der Waals surface area contributed by atoms with Crippen molar-refractivity contribution in [1.29, 1.82) is 0 Å². The van der Waals surface area contributed by atoms with Gasteiger partial charge < -0.3 is 15.8 Å². The first-order chi connectivity index (χ1) is 11.4. The van der Waals surface area contributed by atoms with Crippen molar-refractivity contribution in [2.45, 2.75) is 45.3 Å². The van der Waals surface area contributed by atoms with Gasteiger partial charge in [-0.3, -0.25) is 19.5 Å². The molecular formula is C17H28N4O3. The van der Waals surface area contributed by atoms with Crippen molar-refractivity contribution < 1.29 is 14.3 Å². The topological polar surface area (TPSA) is 97.0 Å². The standard InChI is InChI=1S/C17H28N4O3/c1-12(2)21-8-9-24-13(11-21)4-5-17(16(18)23)6-7-20-14(10-17)15(22)19-3/h6-7,12-13H,4-5,8-11H2,1-3H3,(H2,18,23)(H,19,22). The van der Waals surface area contributed by atoms with Crippen molar-refractivity contribution in [2.24, 2.45) is 16.1 Å². The van der Waals surface area contributed by atoms with E-state index in [-0.39, 0.29) is 18.4 Å². The number of carbonyl (C=O) groups excluding carboxylic acids is 2. The highest BCUT2D eigenvalue weighted by molar-refractivity contribution is 6.39. The van der Waals surface area contributed by atoms with Gasteiger partial charge in [0.1, 0.15) is 5.71 Å². The average molecular weight is 336 g/mol. The lowest BCUT2D eigenvalue weighted by atomic mass is 9.75. The van der Waals surface area contributed by atoms with E-state index >= 15 is 0 Å². The van der Waals surface area contributed by atoms with E-state index in [1.807, 2.05) is 0 Å². The van der Waals surface area contributed by atoms with E-state index < -0.39 is 11.3 Å². The van der Waals surface area contributed by atoms with E-state index in [0.717, 1.165) is 19.5 Å². The highest BCUT2D eigenvalue weighted by atomic mass is 16.5. The number of hydrogen-bond acceptors (Lipinski definition) is 5. The molecule has 0 saturated carbocycles. The molecule has 0 spiro atoms. The molecule has 0 aromatic rings. The molecule has 1 saturated heterocycles. The fourth-order valence-electron chi connectivity index (χ4n) is 3.23. The Balaban J connectivity index is 2.02. The van der Waals surface area contributed by atoms with Gasteiger partial charge in [-0.2, -0.15) is 0 Å². The highest BCUT2D eigenvalue weighted by Gasteiger charge is 2.39. The van der Waals surface area contributed by atoms with Gasteiger partial charge in [0.05, 0.1) is 18.1 Å². The van der Waals surface area contributed by atoms with Crippen LogP contribution < -0.4 is 11.1 Å². The maximum Gasteiger partial charge on any atom is 0.265 e. The molecule has 1 fully saturated rings. The van der Waals surface area contributed by atoms with Crippen LogP contribution in [0, 0.1) is 5.41 Å². The van der Waals surface area contributed by atoms with Crippen LogP contribution in [-0.2, 0) is 14.3 Å². The third-order valence-electron chi connectivity index (χ3n) is 4.90. The third-order valence-corrected chi connectivity index (χ3v) is 4.90. The molecule has 3 N–H and O–H groups in total. The zero-order valence-corrected chi connectivity index (χ0v) is 14.7. The largest absolute Gasteiger partial charge is 0.376 e. The predicted octanol–water partition coefficient (Wildman–Crippen LogP) is 0.452. The summed E-state index contributed by atoms with van der Waals surface area (Å²) >= 11 is 0. The maximum absolute atomic E-state index is 12.1. The van der Waals surface area contributed by atoms with Crippen LogP contribution in [0.15, 0.2) is 17.3 Å². The first-order valence-electron chi connectivity index (χ1n) is 8.50. The SMILES string of the molecule is CNC(=O)C1=NC=CC(CCC2CN(C(C)C)CCO2)(C(N)=O)C1. The molecular weight excluding hydrogens is 308 g/mol. The molecule has 134 valence electrons. The Morgan fingerprint density at radius 2 is 2.29 bits per heavy atom. The van der Waals surface area contributed by atoms with Crippen molar-refractivity contribution in [3.05, 3.63) is 12.3 Å². The third kappa shape index (κ3) is 4.21. The second-order valence-electron chi connectivity index (χ2n) is 6.79. The number of amides is 2. The molecule has 24 heavy (non-hydrogen) atoms. The number of hydrogen-bond donors (Lipinski definition) is 2. The van der Waals surface area contributed by atoms with Gasteiger partial charge in [0.2, 0.25) is 5.91 Å². The summed E-state index contributed by atoms with van der Waals surface area (Å²) in [5, 5.41) is 2.55. The van der Waals surface area contributed by atoms with Gasteiger partial charge in [-0.1, -0.05) is 6.08 Å². The molecule has 0 aromatic heterocycles. The summed E-state index contributed by atoms with van der Waals surface area (Å²) in [5.74, 6) is -0.698. The summed E-state index contributed by atoms with van der Waals surface area (Å²) in [7, 11) is 1.55. The molecule has 2 amide bonds. The van der Waals surface area contributed by atoms with E-state index in [4.69, 9.17) is 10.5 Å². The Kier molecular flexibility index (Phi) is 6.12. The molecule has 0 aromatic carbocycles. The summed E-state index contributed by atoms with van der Waals surface area (Å²) in [6.45, 7) is 6.83. The second-order valence-corrected chi connectivity index (χ2v) is 6.79. The minimum absolute atomic E-state index is 0.0769. The van der Waals surface area contributed by atoms with Crippen molar-refractivity contribution in [3.8, 4) is 0 Å². The van der Waals surface area contributed by atoms with Crippen molar-refractivity contribution in [1.82, 2.24) is 10.2 Å². The predicted molar refractivity (Wildman–Crippen MR) is 92.6 cm³/mol. The summed E-state index contributed by atoms with van der Waals surface area (Å²) in [6, 6.07) is 0.475. The quantitative estimate of drug-likeness (QED) is 0.736. The van der Waals surface area contributed by atoms with E-state index in [1.165, 1.54) is 6.20 Å². The minimum atomic E-state index is -0.868. The van der Waals surface area contributed by atoms with Crippen molar-refractivity contribution in [3.63, 3.8) is 0 Å². The lowest BCUT2D eigenvalue weighted by molar-refractivity contribution is -0.126. The number of primary amides is 1. The van der Waals surface area contributed by atoms with Crippen LogP contribution in [0.5, 0.6) is 0 Å². The number of morpholine rings is 1. The minimum Gasteiger partial charge on any atom is -0.376 e. The number of rotatable bonds is 6. The van der Waals surface area contributed by atoms with Crippen LogP contribution in [0.25, 0.3) is 0 Å². The summed E-state index contributed by atoms with van der Waals surface area (Å²) in [4.78, 5) is 30.4. The Morgan fingerprint density at radius 1 is 1.54 bits per heavy atom. The maximum atomic E-state index is 12.1. The van der Waals surface area contributed by atoms with E-state index in [9.17, 15) is 9.59 Å². The van der Waals surface area contributed by atoms with Crippen molar-refractivity contribution >= 4 is 17.5 Å². The average Bonchev–Trinajstić information content (AvgIpc) is 2.59. The van der Waals surface area contributed by atoms with Crippen LogP contribution in [0.2, 0.25) is 0 Å². The van der Waals surface area contributed by atoms with Crippen LogP contribution in [0.3, 0.4) is 0 Å². The van der Waals surface area contributed by atoms with Gasteiger partial charge in [-0.25, -0.2) is 0 Å². The van der Waals surface area contributed by atoms with E-state index in [0.29, 0.717) is 24.8 Å². The molecule has 2 aliphatic heterocycles.